The monoisotopic (exact) mass is 352 g/mol. The zero-order valence-corrected chi connectivity index (χ0v) is 14.5. The number of nitrogens with one attached hydrogen (secondary N) is 1. The number of carbonyl (C=O) groups is 1. The van der Waals surface area contributed by atoms with Gasteiger partial charge in [0, 0.05) is 43.2 Å². The molecule has 3 N–H and O–H groups in total. The summed E-state index contributed by atoms with van der Waals surface area (Å²) < 4.78 is 5.56. The van der Waals surface area contributed by atoms with Crippen LogP contribution < -0.4 is 11.1 Å². The highest BCUT2D eigenvalue weighted by molar-refractivity contribution is 5.89. The number of amides is 2. The first kappa shape index (κ1) is 16.5. The third kappa shape index (κ3) is 3.36. The summed E-state index contributed by atoms with van der Waals surface area (Å²) in [5, 5.41) is 3.65. The molecule has 1 fully saturated rings. The highest BCUT2D eigenvalue weighted by Crippen LogP contribution is 2.24. The van der Waals surface area contributed by atoms with Crippen LogP contribution in [0.15, 0.2) is 35.0 Å². The first-order chi connectivity index (χ1) is 12.6. The maximum atomic E-state index is 12.4. The molecular weight excluding hydrogens is 332 g/mol. The molecule has 0 unspecified atom stereocenters. The van der Waals surface area contributed by atoms with Crippen molar-refractivity contribution in [2.24, 2.45) is 5.73 Å². The Morgan fingerprint density at radius 3 is 2.81 bits per heavy atom. The fourth-order valence-electron chi connectivity index (χ4n) is 3.01. The Labute approximate surface area is 150 Å². The largest absolute Gasteiger partial charge is 0.441 e. The minimum absolute atomic E-state index is 0.175. The number of aryl methyl sites for hydroxylation is 1. The Bertz CT molecular complexity index is 946. The quantitative estimate of drug-likeness (QED) is 0.733. The van der Waals surface area contributed by atoms with Gasteiger partial charge >= 0.3 is 6.03 Å². The van der Waals surface area contributed by atoms with Crippen molar-refractivity contribution in [1.82, 2.24) is 19.9 Å². The lowest BCUT2D eigenvalue weighted by atomic mass is 10.1. The van der Waals surface area contributed by atoms with E-state index in [1.807, 2.05) is 18.2 Å². The van der Waals surface area contributed by atoms with Gasteiger partial charge in [-0.05, 0) is 18.9 Å². The maximum Gasteiger partial charge on any atom is 0.324 e. The molecule has 2 aromatic heterocycles. The number of benzene rings is 1. The van der Waals surface area contributed by atoms with Gasteiger partial charge in [-0.1, -0.05) is 12.1 Å². The zero-order valence-electron chi connectivity index (χ0n) is 14.5. The molecule has 0 aliphatic carbocycles. The predicted octanol–water partition coefficient (Wildman–Crippen LogP) is 2.55. The van der Waals surface area contributed by atoms with Gasteiger partial charge < -0.3 is 15.1 Å². The van der Waals surface area contributed by atoms with E-state index in [9.17, 15) is 4.79 Å². The molecule has 8 heteroatoms. The third-order valence-electron chi connectivity index (χ3n) is 4.53. The molecule has 0 radical (unpaired) electrons. The molecule has 26 heavy (non-hydrogen) atoms. The number of nitrogens with two attached hydrogens (primary N) is 1. The summed E-state index contributed by atoms with van der Waals surface area (Å²) in [6, 6.07) is 5.72. The van der Waals surface area contributed by atoms with Crippen molar-refractivity contribution in [2.75, 3.05) is 18.4 Å². The molecule has 0 saturated carbocycles. The Kier molecular flexibility index (Phi) is 4.26. The molecule has 0 spiro atoms. The number of fused-ring (bicyclic) bond motifs is 1. The Morgan fingerprint density at radius 1 is 1.27 bits per heavy atom. The van der Waals surface area contributed by atoms with Gasteiger partial charge in [-0.2, -0.15) is 0 Å². The fourth-order valence-corrected chi connectivity index (χ4v) is 3.01. The minimum Gasteiger partial charge on any atom is -0.441 e. The summed E-state index contributed by atoms with van der Waals surface area (Å²) in [7, 11) is 0. The lowest BCUT2D eigenvalue weighted by Gasteiger charge is -2.29. The number of urea groups is 1. The average Bonchev–Trinajstić information content (AvgIpc) is 3.08. The van der Waals surface area contributed by atoms with E-state index in [1.54, 1.807) is 24.2 Å². The van der Waals surface area contributed by atoms with E-state index in [0.717, 1.165) is 29.3 Å². The van der Waals surface area contributed by atoms with Crippen molar-refractivity contribution in [2.45, 2.75) is 25.8 Å². The predicted molar refractivity (Wildman–Crippen MR) is 97.6 cm³/mol. The highest BCUT2D eigenvalue weighted by Gasteiger charge is 2.21. The average molecular weight is 352 g/mol. The Morgan fingerprint density at radius 2 is 2.08 bits per heavy atom. The van der Waals surface area contributed by atoms with Crippen LogP contribution >= 0.6 is 0 Å². The SMILES string of the molecule is Cc1ncc(-c2ccc3cnc(NC(=O)N4CCC(N)CC4)nc3c2)o1. The summed E-state index contributed by atoms with van der Waals surface area (Å²) >= 11 is 0. The molecule has 2 amide bonds. The molecule has 3 aromatic rings. The lowest BCUT2D eigenvalue weighted by Crippen LogP contribution is -2.44. The molecule has 1 aromatic carbocycles. The van der Waals surface area contributed by atoms with Crippen molar-refractivity contribution in [3.05, 3.63) is 36.5 Å². The van der Waals surface area contributed by atoms with Gasteiger partial charge in [-0.15, -0.1) is 0 Å². The van der Waals surface area contributed by atoms with E-state index in [-0.39, 0.29) is 18.0 Å². The van der Waals surface area contributed by atoms with Crippen LogP contribution in [-0.4, -0.2) is 45.0 Å². The maximum absolute atomic E-state index is 12.4. The van der Waals surface area contributed by atoms with Crippen LogP contribution in [-0.2, 0) is 0 Å². The molecule has 8 nitrogen and oxygen atoms in total. The van der Waals surface area contributed by atoms with E-state index in [0.29, 0.717) is 24.7 Å². The smallest absolute Gasteiger partial charge is 0.324 e. The number of hydrogen-bond donors (Lipinski definition) is 2. The fraction of sp³-hybridized carbons (Fsp3) is 0.333. The van der Waals surface area contributed by atoms with Crippen LogP contribution in [0.5, 0.6) is 0 Å². The summed E-state index contributed by atoms with van der Waals surface area (Å²) in [6.45, 7) is 3.10. The topological polar surface area (TPSA) is 110 Å². The van der Waals surface area contributed by atoms with Crippen LogP contribution in [0, 0.1) is 6.92 Å². The second-order valence-electron chi connectivity index (χ2n) is 6.47. The number of piperidine rings is 1. The number of oxazole rings is 1. The van der Waals surface area contributed by atoms with Crippen molar-refractivity contribution in [1.29, 1.82) is 0 Å². The van der Waals surface area contributed by atoms with Gasteiger partial charge in [0.25, 0.3) is 0 Å². The van der Waals surface area contributed by atoms with Crippen LogP contribution in [0.2, 0.25) is 0 Å². The molecule has 134 valence electrons. The summed E-state index contributed by atoms with van der Waals surface area (Å²) in [5.74, 6) is 1.57. The number of hydrogen-bond acceptors (Lipinski definition) is 6. The second kappa shape index (κ2) is 6.72. The van der Waals surface area contributed by atoms with E-state index in [2.05, 4.69) is 20.3 Å². The lowest BCUT2D eigenvalue weighted by molar-refractivity contribution is 0.195. The normalized spacial score (nSPS) is 15.4. The molecule has 4 rings (SSSR count). The molecular formula is C18H20N6O2. The number of rotatable bonds is 2. The minimum atomic E-state index is -0.196. The van der Waals surface area contributed by atoms with Gasteiger partial charge in [0.15, 0.2) is 11.7 Å². The van der Waals surface area contributed by atoms with Crippen molar-refractivity contribution < 1.29 is 9.21 Å². The van der Waals surface area contributed by atoms with E-state index in [4.69, 9.17) is 10.2 Å². The molecule has 3 heterocycles. The zero-order chi connectivity index (χ0) is 18.1. The van der Waals surface area contributed by atoms with E-state index in [1.165, 1.54) is 0 Å². The first-order valence-corrected chi connectivity index (χ1v) is 8.59. The summed E-state index contributed by atoms with van der Waals surface area (Å²) in [4.78, 5) is 26.9. The number of nitrogens with zero attached hydrogens (tertiary/aromatic N) is 4. The molecule has 1 saturated heterocycles. The third-order valence-corrected chi connectivity index (χ3v) is 4.53. The van der Waals surface area contributed by atoms with Crippen LogP contribution in [0.25, 0.3) is 22.2 Å². The molecule has 0 atom stereocenters. The Balaban J connectivity index is 1.55. The second-order valence-corrected chi connectivity index (χ2v) is 6.47. The first-order valence-electron chi connectivity index (χ1n) is 8.59. The number of aromatic nitrogens is 3. The van der Waals surface area contributed by atoms with Crippen molar-refractivity contribution in [3.63, 3.8) is 0 Å². The van der Waals surface area contributed by atoms with E-state index >= 15 is 0 Å². The molecule has 1 aliphatic rings. The van der Waals surface area contributed by atoms with Gasteiger partial charge in [0.05, 0.1) is 11.7 Å². The number of likely N-dealkylation sites (tertiary alicyclic amines) is 1. The summed E-state index contributed by atoms with van der Waals surface area (Å²) in [6.07, 6.45) is 5.00. The van der Waals surface area contributed by atoms with Gasteiger partial charge in [-0.25, -0.2) is 19.7 Å². The van der Waals surface area contributed by atoms with Gasteiger partial charge in [0.1, 0.15) is 0 Å². The highest BCUT2D eigenvalue weighted by atomic mass is 16.4. The standard InChI is InChI=1S/C18H20N6O2/c1-11-20-10-16(26-11)12-2-3-13-9-21-17(22-15(13)8-12)23-18(25)24-6-4-14(19)5-7-24/h2-3,8-10,14H,4-7,19H2,1H3,(H,21,22,23,25). The van der Waals surface area contributed by atoms with Crippen molar-refractivity contribution in [3.8, 4) is 11.3 Å². The number of carbonyl (C=O) groups excluding carboxylic acids is 1. The summed E-state index contributed by atoms with van der Waals surface area (Å²) in [5.41, 5.74) is 7.48. The molecule has 1 aliphatic heterocycles. The van der Waals surface area contributed by atoms with Crippen LogP contribution in [0.1, 0.15) is 18.7 Å². The van der Waals surface area contributed by atoms with Crippen LogP contribution in [0.3, 0.4) is 0 Å². The van der Waals surface area contributed by atoms with Crippen molar-refractivity contribution >= 4 is 22.9 Å². The van der Waals surface area contributed by atoms with Gasteiger partial charge in [-0.3, -0.25) is 5.32 Å². The number of anilines is 1. The Hall–Kier alpha value is -3.00. The van der Waals surface area contributed by atoms with Crippen LogP contribution in [0.4, 0.5) is 10.7 Å². The van der Waals surface area contributed by atoms with Gasteiger partial charge in [0.2, 0.25) is 5.95 Å². The van der Waals surface area contributed by atoms with E-state index < -0.39 is 0 Å². The molecule has 0 bridgehead atoms.